The highest BCUT2D eigenvalue weighted by Crippen LogP contribution is 2.23. The maximum Gasteiger partial charge on any atom is 0.325 e. The molecule has 3 aromatic rings. The predicted octanol–water partition coefficient (Wildman–Crippen LogP) is 4.41. The van der Waals surface area contributed by atoms with E-state index < -0.39 is 11.5 Å². The number of carbonyl (C=O) groups excluding carboxylic acids is 2. The van der Waals surface area contributed by atoms with Crippen LogP contribution in [0.3, 0.4) is 0 Å². The first-order chi connectivity index (χ1) is 16.5. The summed E-state index contributed by atoms with van der Waals surface area (Å²) in [4.78, 5) is 25.2. The summed E-state index contributed by atoms with van der Waals surface area (Å²) in [6.45, 7) is -0.0412. The van der Waals surface area contributed by atoms with Crippen LogP contribution >= 0.6 is 23.5 Å². The third-order valence-electron chi connectivity index (χ3n) is 5.03. The molecule has 3 aromatic carbocycles. The van der Waals surface area contributed by atoms with E-state index >= 15 is 0 Å². The SMILES string of the molecule is NC(CSCc1ccccc1)(CSCc1ccccc1)C(=O)NCC(=O)OCc1ccccc1. The first-order valence-corrected chi connectivity index (χ1v) is 13.4. The maximum absolute atomic E-state index is 13.1. The first-order valence-electron chi connectivity index (χ1n) is 11.1. The molecule has 178 valence electrons. The molecule has 0 aliphatic heterocycles. The van der Waals surface area contributed by atoms with Crippen LogP contribution in [0.25, 0.3) is 0 Å². The van der Waals surface area contributed by atoms with Gasteiger partial charge in [-0.25, -0.2) is 0 Å². The molecular formula is C27H30N2O3S2. The van der Waals surface area contributed by atoms with E-state index in [2.05, 4.69) is 29.6 Å². The van der Waals surface area contributed by atoms with E-state index in [-0.39, 0.29) is 19.1 Å². The molecule has 34 heavy (non-hydrogen) atoms. The standard InChI is InChI=1S/C27H30N2O3S2/c28-27(20-33-18-23-12-6-2-7-13-23,21-34-19-24-14-8-3-9-15-24)26(31)29-16-25(30)32-17-22-10-4-1-5-11-22/h1-15H,16-21,28H2,(H,29,31). The largest absolute Gasteiger partial charge is 0.460 e. The van der Waals surface area contributed by atoms with E-state index in [1.807, 2.05) is 66.7 Å². The van der Waals surface area contributed by atoms with Crippen LogP contribution in [0.1, 0.15) is 16.7 Å². The van der Waals surface area contributed by atoms with Crippen LogP contribution in [0.2, 0.25) is 0 Å². The minimum atomic E-state index is -1.11. The summed E-state index contributed by atoms with van der Waals surface area (Å²) < 4.78 is 5.26. The molecule has 0 radical (unpaired) electrons. The third-order valence-corrected chi connectivity index (χ3v) is 7.54. The highest BCUT2D eigenvalue weighted by atomic mass is 32.2. The van der Waals surface area contributed by atoms with Gasteiger partial charge in [0.25, 0.3) is 0 Å². The van der Waals surface area contributed by atoms with Crippen molar-refractivity contribution in [2.45, 2.75) is 23.7 Å². The number of nitrogens with two attached hydrogens (primary N) is 1. The minimum absolute atomic E-state index is 0.170. The van der Waals surface area contributed by atoms with E-state index in [0.717, 1.165) is 17.1 Å². The van der Waals surface area contributed by atoms with E-state index in [4.69, 9.17) is 10.5 Å². The predicted molar refractivity (Wildman–Crippen MR) is 141 cm³/mol. The second-order valence-corrected chi connectivity index (χ2v) is 9.91. The molecule has 0 heterocycles. The Kier molecular flexibility index (Phi) is 10.5. The number of ether oxygens (including phenoxy) is 1. The summed E-state index contributed by atoms with van der Waals surface area (Å²) >= 11 is 3.23. The van der Waals surface area contributed by atoms with Crippen molar-refractivity contribution in [2.24, 2.45) is 5.73 Å². The number of rotatable bonds is 13. The van der Waals surface area contributed by atoms with Gasteiger partial charge in [0.15, 0.2) is 0 Å². The average molecular weight is 495 g/mol. The Balaban J connectivity index is 1.52. The molecule has 3 N–H and O–H groups in total. The summed E-state index contributed by atoms with van der Waals surface area (Å²) in [5, 5.41) is 2.69. The molecule has 7 heteroatoms. The molecule has 5 nitrogen and oxygen atoms in total. The van der Waals surface area contributed by atoms with Gasteiger partial charge in [0.05, 0.1) is 0 Å². The second kappa shape index (κ2) is 13.8. The van der Waals surface area contributed by atoms with Gasteiger partial charge in [-0.05, 0) is 16.7 Å². The van der Waals surface area contributed by atoms with Crippen LogP contribution in [-0.2, 0) is 32.4 Å². The van der Waals surface area contributed by atoms with E-state index in [1.165, 1.54) is 11.1 Å². The van der Waals surface area contributed by atoms with Crippen LogP contribution in [0.4, 0.5) is 0 Å². The number of esters is 1. The van der Waals surface area contributed by atoms with Gasteiger partial charge in [0.1, 0.15) is 18.7 Å². The van der Waals surface area contributed by atoms with Gasteiger partial charge in [0, 0.05) is 23.0 Å². The summed E-state index contributed by atoms with van der Waals surface area (Å²) in [5.41, 5.74) is 8.75. The zero-order valence-electron chi connectivity index (χ0n) is 19.0. The van der Waals surface area contributed by atoms with Crippen molar-refractivity contribution in [1.29, 1.82) is 0 Å². The van der Waals surface area contributed by atoms with Crippen molar-refractivity contribution < 1.29 is 14.3 Å². The highest BCUT2D eigenvalue weighted by molar-refractivity contribution is 7.99. The molecule has 0 aliphatic carbocycles. The Bertz CT molecular complexity index is 972. The van der Waals surface area contributed by atoms with Crippen LogP contribution in [0, 0.1) is 0 Å². The van der Waals surface area contributed by atoms with Crippen LogP contribution < -0.4 is 11.1 Å². The van der Waals surface area contributed by atoms with Gasteiger partial charge in [-0.2, -0.15) is 23.5 Å². The highest BCUT2D eigenvalue weighted by Gasteiger charge is 2.34. The lowest BCUT2D eigenvalue weighted by Gasteiger charge is -2.27. The zero-order valence-corrected chi connectivity index (χ0v) is 20.7. The number of nitrogens with one attached hydrogen (secondary N) is 1. The Morgan fingerprint density at radius 1 is 0.735 bits per heavy atom. The summed E-state index contributed by atoms with van der Waals surface area (Å²) in [5.74, 6) is 1.56. The molecule has 0 saturated carbocycles. The number of amides is 1. The quantitative estimate of drug-likeness (QED) is 0.343. The number of benzene rings is 3. The monoisotopic (exact) mass is 494 g/mol. The number of hydrogen-bond acceptors (Lipinski definition) is 6. The van der Waals surface area contributed by atoms with Gasteiger partial charge < -0.3 is 15.8 Å². The fourth-order valence-corrected chi connectivity index (χ4v) is 5.53. The molecule has 0 fully saturated rings. The minimum Gasteiger partial charge on any atom is -0.460 e. The smallest absolute Gasteiger partial charge is 0.325 e. The fraction of sp³-hybridized carbons (Fsp3) is 0.259. The zero-order chi connectivity index (χ0) is 24.1. The number of carbonyl (C=O) groups is 2. The third kappa shape index (κ3) is 8.89. The van der Waals surface area contributed by atoms with Gasteiger partial charge >= 0.3 is 5.97 Å². The Morgan fingerprint density at radius 2 is 1.18 bits per heavy atom. The van der Waals surface area contributed by atoms with Crippen LogP contribution in [0.5, 0.6) is 0 Å². The Labute approximate surface area is 209 Å². The molecule has 0 spiro atoms. The lowest BCUT2D eigenvalue weighted by molar-refractivity contribution is -0.145. The maximum atomic E-state index is 13.1. The van der Waals surface area contributed by atoms with Crippen LogP contribution in [-0.4, -0.2) is 35.5 Å². The molecule has 0 unspecified atom stereocenters. The van der Waals surface area contributed by atoms with Crippen molar-refractivity contribution >= 4 is 35.4 Å². The lowest BCUT2D eigenvalue weighted by Crippen LogP contribution is -2.58. The normalized spacial score (nSPS) is 11.1. The Morgan fingerprint density at radius 3 is 1.65 bits per heavy atom. The van der Waals surface area contributed by atoms with Crippen molar-refractivity contribution in [3.8, 4) is 0 Å². The molecule has 3 rings (SSSR count). The topological polar surface area (TPSA) is 81.4 Å². The van der Waals surface area contributed by atoms with Crippen molar-refractivity contribution in [1.82, 2.24) is 5.32 Å². The number of hydrogen-bond donors (Lipinski definition) is 2. The van der Waals surface area contributed by atoms with Crippen molar-refractivity contribution in [3.63, 3.8) is 0 Å². The van der Waals surface area contributed by atoms with Crippen LogP contribution in [0.15, 0.2) is 91.0 Å². The molecular weight excluding hydrogens is 464 g/mol. The van der Waals surface area contributed by atoms with E-state index in [1.54, 1.807) is 23.5 Å². The van der Waals surface area contributed by atoms with Gasteiger partial charge in [-0.3, -0.25) is 9.59 Å². The van der Waals surface area contributed by atoms with Crippen molar-refractivity contribution in [2.75, 3.05) is 18.1 Å². The van der Waals surface area contributed by atoms with E-state index in [0.29, 0.717) is 11.5 Å². The Hall–Kier alpha value is -2.74. The first kappa shape index (κ1) is 25.9. The van der Waals surface area contributed by atoms with Gasteiger partial charge in [-0.1, -0.05) is 91.0 Å². The lowest BCUT2D eigenvalue weighted by atomic mass is 10.1. The van der Waals surface area contributed by atoms with Gasteiger partial charge in [0.2, 0.25) is 5.91 Å². The molecule has 0 bridgehead atoms. The second-order valence-electron chi connectivity index (χ2n) is 7.94. The van der Waals surface area contributed by atoms with Crippen molar-refractivity contribution in [3.05, 3.63) is 108 Å². The molecule has 0 aliphatic rings. The molecule has 0 saturated heterocycles. The summed E-state index contributed by atoms with van der Waals surface area (Å²) in [6.07, 6.45) is 0. The molecule has 0 aromatic heterocycles. The molecule has 1 amide bonds. The van der Waals surface area contributed by atoms with Gasteiger partial charge in [-0.15, -0.1) is 0 Å². The molecule has 0 atom stereocenters. The summed E-state index contributed by atoms with van der Waals surface area (Å²) in [6, 6.07) is 29.6. The summed E-state index contributed by atoms with van der Waals surface area (Å²) in [7, 11) is 0. The van der Waals surface area contributed by atoms with E-state index in [9.17, 15) is 9.59 Å². The number of thioether (sulfide) groups is 2. The average Bonchev–Trinajstić information content (AvgIpc) is 2.88. The fourth-order valence-electron chi connectivity index (χ4n) is 3.14.